The molecule has 2 aliphatic rings. The molecule has 0 radical (unpaired) electrons. The molecular weight excluding hydrogens is 300 g/mol. The van der Waals surface area contributed by atoms with Crippen LogP contribution in [0.15, 0.2) is 0 Å². The number of unbranched alkanes of at least 4 members (excludes halogenated alkanes) is 1. The minimum absolute atomic E-state index is 0.263. The van der Waals surface area contributed by atoms with Crippen molar-refractivity contribution in [2.75, 3.05) is 5.33 Å². The van der Waals surface area contributed by atoms with Gasteiger partial charge in [0, 0.05) is 14.1 Å². The summed E-state index contributed by atoms with van der Waals surface area (Å²) in [5.74, 6) is 3.24. The lowest BCUT2D eigenvalue weighted by molar-refractivity contribution is 0.201. The van der Waals surface area contributed by atoms with Crippen molar-refractivity contribution in [2.24, 2.45) is 17.8 Å². The van der Waals surface area contributed by atoms with E-state index in [9.17, 15) is 0 Å². The summed E-state index contributed by atoms with van der Waals surface area (Å²) in [5.41, 5.74) is 0. The van der Waals surface area contributed by atoms with Gasteiger partial charge in [0.1, 0.15) is 0 Å². The fourth-order valence-electron chi connectivity index (χ4n) is 4.26. The highest BCUT2D eigenvalue weighted by atomic mass is 79.9. The number of hydrogen-bond donors (Lipinski definition) is 0. The van der Waals surface area contributed by atoms with E-state index < -0.39 is 0 Å². The topological polar surface area (TPSA) is 0 Å². The molecule has 1 saturated carbocycles. The van der Waals surface area contributed by atoms with Crippen LogP contribution in [-0.2, 0) is 0 Å². The van der Waals surface area contributed by atoms with Gasteiger partial charge in [-0.1, -0.05) is 66.7 Å². The van der Waals surface area contributed by atoms with Crippen molar-refractivity contribution in [2.45, 2.75) is 76.4 Å². The zero-order chi connectivity index (χ0) is 12.8. The lowest BCUT2D eigenvalue weighted by Crippen LogP contribution is -2.28. The highest BCUT2D eigenvalue weighted by Crippen LogP contribution is 2.41. The first-order chi connectivity index (χ1) is 8.83. The molecule has 0 bridgehead atoms. The van der Waals surface area contributed by atoms with Crippen LogP contribution in [0.25, 0.3) is 0 Å². The second-order valence-corrected chi connectivity index (χ2v) is 11.0. The van der Waals surface area contributed by atoms with Gasteiger partial charge in [-0.3, -0.25) is 0 Å². The zero-order valence-corrected chi connectivity index (χ0v) is 14.9. The van der Waals surface area contributed by atoms with Gasteiger partial charge in [-0.2, -0.15) is 0 Å². The summed E-state index contributed by atoms with van der Waals surface area (Å²) in [7, 11) is -0.263. The molecule has 0 aromatic heterocycles. The van der Waals surface area contributed by atoms with Gasteiger partial charge in [-0.25, -0.2) is 0 Å². The molecule has 1 aliphatic carbocycles. The molecule has 0 N–H and O–H groups in total. The molecule has 1 aliphatic heterocycles. The van der Waals surface area contributed by atoms with E-state index in [1.54, 1.807) is 43.8 Å². The first-order valence-electron chi connectivity index (χ1n) is 8.39. The van der Waals surface area contributed by atoms with E-state index in [0.29, 0.717) is 0 Å². The number of halogens is 1. The monoisotopic (exact) mass is 330 g/mol. The number of rotatable bonds is 5. The average Bonchev–Trinajstić information content (AvgIpc) is 2.46. The third-order valence-corrected chi connectivity index (χ3v) is 10.1. The van der Waals surface area contributed by atoms with Crippen LogP contribution in [0.1, 0.15) is 58.3 Å². The lowest BCUT2D eigenvalue weighted by atomic mass is 9.74. The molecule has 0 aromatic rings. The average molecular weight is 331 g/mol. The van der Waals surface area contributed by atoms with Crippen LogP contribution in [0.3, 0.4) is 0 Å². The standard InChI is InChI=1S/C16H31BrSi/c1-2-3-10-18-11-8-16(9-12-18)15-6-4-14(13-17)5-7-15/h14-16,18H,2-13H2,1H3/t14-,15-,16?,18?. The molecule has 18 heavy (non-hydrogen) atoms. The Hall–Kier alpha value is 0.697. The quantitative estimate of drug-likeness (QED) is 0.453. The summed E-state index contributed by atoms with van der Waals surface area (Å²) in [4.78, 5) is 0. The third kappa shape index (κ3) is 4.37. The molecule has 0 aromatic carbocycles. The fourth-order valence-corrected chi connectivity index (χ4v) is 8.55. The minimum Gasteiger partial charge on any atom is -0.0925 e. The van der Waals surface area contributed by atoms with Gasteiger partial charge in [0.05, 0.1) is 0 Å². The highest BCUT2D eigenvalue weighted by molar-refractivity contribution is 9.09. The van der Waals surface area contributed by atoms with Crippen LogP contribution >= 0.6 is 15.9 Å². The minimum atomic E-state index is -0.263. The Labute approximate surface area is 124 Å². The molecule has 1 saturated heterocycles. The number of hydrogen-bond acceptors (Lipinski definition) is 0. The van der Waals surface area contributed by atoms with Crippen molar-refractivity contribution in [3.05, 3.63) is 0 Å². The fraction of sp³-hybridized carbons (Fsp3) is 1.00. The highest BCUT2D eigenvalue weighted by Gasteiger charge is 2.30. The van der Waals surface area contributed by atoms with Gasteiger partial charge in [-0.05, 0) is 43.4 Å². The molecule has 2 fully saturated rings. The Morgan fingerprint density at radius 1 is 0.944 bits per heavy atom. The first-order valence-corrected chi connectivity index (χ1v) is 12.0. The molecule has 0 amide bonds. The van der Waals surface area contributed by atoms with E-state index >= 15 is 0 Å². The lowest BCUT2D eigenvalue weighted by Gasteiger charge is -2.37. The third-order valence-electron chi connectivity index (χ3n) is 5.63. The predicted molar refractivity (Wildman–Crippen MR) is 88.4 cm³/mol. The summed E-state index contributed by atoms with van der Waals surface area (Å²) >= 11 is 3.66. The molecule has 0 atom stereocenters. The van der Waals surface area contributed by atoms with Crippen molar-refractivity contribution < 1.29 is 0 Å². The van der Waals surface area contributed by atoms with E-state index in [4.69, 9.17) is 0 Å². The molecule has 2 heteroatoms. The molecule has 106 valence electrons. The summed E-state index contributed by atoms with van der Waals surface area (Å²) in [5, 5.41) is 1.25. The molecule has 1 heterocycles. The molecule has 0 nitrogen and oxygen atoms in total. The Kier molecular flexibility index (Phi) is 6.78. The van der Waals surface area contributed by atoms with Crippen LogP contribution in [0.5, 0.6) is 0 Å². The van der Waals surface area contributed by atoms with Gasteiger partial charge >= 0.3 is 0 Å². The van der Waals surface area contributed by atoms with Crippen molar-refractivity contribution >= 4 is 24.7 Å². The Balaban J connectivity index is 1.67. The number of alkyl halides is 1. The smallest absolute Gasteiger partial charge is 0.0368 e. The maximum Gasteiger partial charge on any atom is 0.0368 e. The van der Waals surface area contributed by atoms with Gasteiger partial charge < -0.3 is 0 Å². The van der Waals surface area contributed by atoms with E-state index in [1.807, 2.05) is 0 Å². The van der Waals surface area contributed by atoms with Crippen LogP contribution in [0, 0.1) is 17.8 Å². The second-order valence-electron chi connectivity index (χ2n) is 6.86. The van der Waals surface area contributed by atoms with E-state index in [0.717, 1.165) is 17.8 Å². The Bertz CT molecular complexity index is 215. The van der Waals surface area contributed by atoms with Crippen molar-refractivity contribution in [3.8, 4) is 0 Å². The van der Waals surface area contributed by atoms with Gasteiger partial charge in [-0.15, -0.1) is 0 Å². The van der Waals surface area contributed by atoms with Crippen molar-refractivity contribution in [1.82, 2.24) is 0 Å². The van der Waals surface area contributed by atoms with Crippen molar-refractivity contribution in [3.63, 3.8) is 0 Å². The molecule has 0 unspecified atom stereocenters. The van der Waals surface area contributed by atoms with E-state index in [1.165, 1.54) is 31.0 Å². The SMILES string of the molecule is CCCC[SiH]1CCC([C@H]2CC[C@H](CBr)CC2)CC1. The maximum atomic E-state index is 3.66. The second kappa shape index (κ2) is 8.09. The molecule has 2 rings (SSSR count). The largest absolute Gasteiger partial charge is 0.0925 e. The van der Waals surface area contributed by atoms with E-state index in [2.05, 4.69) is 22.9 Å². The van der Waals surface area contributed by atoms with Gasteiger partial charge in [0.25, 0.3) is 0 Å². The first kappa shape index (κ1) is 15.1. The van der Waals surface area contributed by atoms with Gasteiger partial charge in [0.2, 0.25) is 0 Å². The van der Waals surface area contributed by atoms with Crippen LogP contribution < -0.4 is 0 Å². The Morgan fingerprint density at radius 3 is 2.11 bits per heavy atom. The molecule has 0 spiro atoms. The summed E-state index contributed by atoms with van der Waals surface area (Å²) < 4.78 is 0. The maximum absolute atomic E-state index is 3.66. The van der Waals surface area contributed by atoms with Crippen LogP contribution in [0.2, 0.25) is 18.1 Å². The van der Waals surface area contributed by atoms with Crippen molar-refractivity contribution in [1.29, 1.82) is 0 Å². The molecular formula is C16H31BrSi. The summed E-state index contributed by atoms with van der Waals surface area (Å²) in [6, 6.07) is 5.02. The van der Waals surface area contributed by atoms with Gasteiger partial charge in [0.15, 0.2) is 0 Å². The predicted octanol–water partition coefficient (Wildman–Crippen LogP) is 5.62. The summed E-state index contributed by atoms with van der Waals surface area (Å²) in [6.45, 7) is 2.35. The Morgan fingerprint density at radius 2 is 1.56 bits per heavy atom. The normalized spacial score (nSPS) is 37.7. The summed E-state index contributed by atoms with van der Waals surface area (Å²) in [6.07, 6.45) is 12.3. The van der Waals surface area contributed by atoms with Crippen LogP contribution in [0.4, 0.5) is 0 Å². The van der Waals surface area contributed by atoms with Crippen LogP contribution in [-0.4, -0.2) is 14.1 Å². The zero-order valence-electron chi connectivity index (χ0n) is 12.2. The van der Waals surface area contributed by atoms with E-state index in [-0.39, 0.29) is 8.80 Å².